The molecule has 0 aliphatic carbocycles. The van der Waals surface area contributed by atoms with E-state index in [-0.39, 0.29) is 17.7 Å². The van der Waals surface area contributed by atoms with Crippen LogP contribution in [0, 0.1) is 12.7 Å². The largest absolute Gasteiger partial charge is 0.477 e. The number of nitrogens with zero attached hydrogens (tertiary/aromatic N) is 2. The van der Waals surface area contributed by atoms with Crippen molar-refractivity contribution < 1.29 is 13.9 Å². The number of rotatable bonds is 2. The second-order valence-electron chi connectivity index (χ2n) is 6.41. The topological polar surface area (TPSA) is 42.4 Å². The van der Waals surface area contributed by atoms with Crippen LogP contribution in [0.25, 0.3) is 0 Å². The van der Waals surface area contributed by atoms with Crippen molar-refractivity contribution in [2.75, 3.05) is 6.54 Å². The van der Waals surface area contributed by atoms with Crippen molar-refractivity contribution >= 4 is 17.2 Å². The monoisotopic (exact) mass is 346 g/mol. The van der Waals surface area contributed by atoms with Crippen molar-refractivity contribution in [1.82, 2.24) is 9.88 Å². The summed E-state index contributed by atoms with van der Waals surface area (Å²) in [6.45, 7) is 2.68. The lowest BCUT2D eigenvalue weighted by Crippen LogP contribution is -2.45. The smallest absolute Gasteiger partial charge is 0.264 e. The molecule has 0 unspecified atom stereocenters. The van der Waals surface area contributed by atoms with Crippen LogP contribution in [-0.4, -0.2) is 28.4 Å². The summed E-state index contributed by atoms with van der Waals surface area (Å²) in [6, 6.07) is 4.87. The van der Waals surface area contributed by atoms with Crippen molar-refractivity contribution in [2.45, 2.75) is 44.8 Å². The fourth-order valence-electron chi connectivity index (χ4n) is 3.53. The predicted molar refractivity (Wildman–Crippen MR) is 89.7 cm³/mol. The Morgan fingerprint density at radius 3 is 3.04 bits per heavy atom. The molecule has 0 saturated carbocycles. The molecule has 4 rings (SSSR count). The van der Waals surface area contributed by atoms with Crippen molar-refractivity contribution in [2.24, 2.45) is 0 Å². The number of amides is 1. The number of hydrogen-bond acceptors (Lipinski definition) is 4. The molecule has 1 amide bonds. The number of para-hydroxylation sites is 1. The Hall–Kier alpha value is -1.95. The first kappa shape index (κ1) is 15.6. The van der Waals surface area contributed by atoms with Gasteiger partial charge in [-0.05, 0) is 32.3 Å². The van der Waals surface area contributed by atoms with Gasteiger partial charge in [-0.15, -0.1) is 11.3 Å². The zero-order chi connectivity index (χ0) is 16.7. The van der Waals surface area contributed by atoms with Crippen molar-refractivity contribution in [3.63, 3.8) is 0 Å². The maximum absolute atomic E-state index is 13.9. The summed E-state index contributed by atoms with van der Waals surface area (Å²) in [5, 5.41) is 3.01. The van der Waals surface area contributed by atoms with Gasteiger partial charge < -0.3 is 9.64 Å². The van der Waals surface area contributed by atoms with E-state index in [1.54, 1.807) is 17.4 Å². The van der Waals surface area contributed by atoms with Gasteiger partial charge in [-0.25, -0.2) is 9.37 Å². The van der Waals surface area contributed by atoms with Crippen LogP contribution < -0.4 is 4.74 Å². The molecule has 2 aromatic rings. The Morgan fingerprint density at radius 1 is 1.42 bits per heavy atom. The van der Waals surface area contributed by atoms with E-state index in [2.05, 4.69) is 4.98 Å². The molecule has 1 fully saturated rings. The second-order valence-corrected chi connectivity index (χ2v) is 7.30. The SMILES string of the molecule is Cc1csc([C@@H]2CCCCN2C(=O)[C@H]2Cc3cccc(F)c3O2)n1. The Kier molecular flexibility index (Phi) is 4.00. The number of hydrogen-bond donors (Lipinski definition) is 0. The van der Waals surface area contributed by atoms with Crippen molar-refractivity contribution in [1.29, 1.82) is 0 Å². The van der Waals surface area contributed by atoms with Gasteiger partial charge >= 0.3 is 0 Å². The number of likely N-dealkylation sites (tertiary alicyclic amines) is 1. The normalized spacial score (nSPS) is 23.0. The van der Waals surface area contributed by atoms with Gasteiger partial charge in [0.1, 0.15) is 5.01 Å². The third-order valence-corrected chi connectivity index (χ3v) is 5.76. The first-order valence-corrected chi connectivity index (χ1v) is 9.18. The summed E-state index contributed by atoms with van der Waals surface area (Å²) in [5.41, 5.74) is 1.76. The standard InChI is InChI=1S/C18H19FN2O2S/c1-11-10-24-17(20-11)14-7-2-3-8-21(14)18(22)15-9-12-5-4-6-13(19)16(12)23-15/h4-6,10,14-15H,2-3,7-9H2,1H3/t14-,15+/m0/s1. The number of thiazole rings is 1. The molecule has 0 radical (unpaired) electrons. The van der Waals surface area contributed by atoms with E-state index >= 15 is 0 Å². The minimum atomic E-state index is -0.626. The van der Waals surface area contributed by atoms with E-state index in [1.165, 1.54) is 6.07 Å². The number of piperidine rings is 1. The average Bonchev–Trinajstić information content (AvgIpc) is 3.21. The third kappa shape index (κ3) is 2.69. The van der Waals surface area contributed by atoms with E-state index < -0.39 is 11.9 Å². The number of benzene rings is 1. The number of halogens is 1. The number of carbonyl (C=O) groups excluding carboxylic acids is 1. The first-order valence-electron chi connectivity index (χ1n) is 8.30. The zero-order valence-electron chi connectivity index (χ0n) is 13.5. The third-order valence-electron chi connectivity index (χ3n) is 4.70. The summed E-state index contributed by atoms with van der Waals surface area (Å²) in [5.74, 6) is -0.216. The Labute approximate surface area is 144 Å². The van der Waals surface area contributed by atoms with Crippen molar-refractivity contribution in [3.05, 3.63) is 45.7 Å². The summed E-state index contributed by atoms with van der Waals surface area (Å²) >= 11 is 1.60. The number of ether oxygens (including phenoxy) is 1. The minimum Gasteiger partial charge on any atom is -0.477 e. The van der Waals surface area contributed by atoms with E-state index in [1.807, 2.05) is 23.3 Å². The predicted octanol–water partition coefficient (Wildman–Crippen LogP) is 3.65. The summed E-state index contributed by atoms with van der Waals surface area (Å²) in [7, 11) is 0. The highest BCUT2D eigenvalue weighted by Gasteiger charge is 2.38. The van der Waals surface area contributed by atoms with E-state index in [0.29, 0.717) is 13.0 Å². The van der Waals surface area contributed by atoms with Gasteiger partial charge in [-0.3, -0.25) is 4.79 Å². The van der Waals surface area contributed by atoms with Crippen LogP contribution >= 0.6 is 11.3 Å². The lowest BCUT2D eigenvalue weighted by atomic mass is 10.0. The minimum absolute atomic E-state index is 0.0158. The molecule has 2 aliphatic rings. The second kappa shape index (κ2) is 6.16. The molecule has 0 N–H and O–H groups in total. The van der Waals surface area contributed by atoms with Gasteiger partial charge in [0.15, 0.2) is 17.7 Å². The molecular formula is C18H19FN2O2S. The van der Waals surface area contributed by atoms with Crippen LogP contribution in [-0.2, 0) is 11.2 Å². The molecule has 126 valence electrons. The lowest BCUT2D eigenvalue weighted by molar-refractivity contribution is -0.142. The number of aromatic nitrogens is 1. The molecule has 1 saturated heterocycles. The lowest BCUT2D eigenvalue weighted by Gasteiger charge is -2.35. The fourth-order valence-corrected chi connectivity index (χ4v) is 4.47. The highest BCUT2D eigenvalue weighted by molar-refractivity contribution is 7.09. The van der Waals surface area contributed by atoms with Gasteiger partial charge in [0.2, 0.25) is 0 Å². The highest BCUT2D eigenvalue weighted by atomic mass is 32.1. The molecule has 2 atom stereocenters. The van der Waals surface area contributed by atoms with Crippen LogP contribution in [0.4, 0.5) is 4.39 Å². The molecule has 0 spiro atoms. The summed E-state index contributed by atoms with van der Waals surface area (Å²) in [4.78, 5) is 19.5. The van der Waals surface area contributed by atoms with E-state index in [0.717, 1.165) is 35.5 Å². The van der Waals surface area contributed by atoms with E-state index in [9.17, 15) is 9.18 Å². The fraction of sp³-hybridized carbons (Fsp3) is 0.444. The molecule has 6 heteroatoms. The van der Waals surface area contributed by atoms with Crippen LogP contribution in [0.2, 0.25) is 0 Å². The number of fused-ring (bicyclic) bond motifs is 1. The van der Waals surface area contributed by atoms with Crippen molar-refractivity contribution in [3.8, 4) is 5.75 Å². The average molecular weight is 346 g/mol. The molecule has 0 bridgehead atoms. The Morgan fingerprint density at radius 2 is 2.29 bits per heavy atom. The van der Waals surface area contributed by atoms with Crippen LogP contribution in [0.1, 0.15) is 41.6 Å². The maximum Gasteiger partial charge on any atom is 0.264 e. The van der Waals surface area contributed by atoms with Gasteiger partial charge in [0, 0.05) is 29.6 Å². The van der Waals surface area contributed by atoms with Gasteiger partial charge in [-0.2, -0.15) is 0 Å². The number of carbonyl (C=O) groups is 1. The maximum atomic E-state index is 13.9. The zero-order valence-corrected chi connectivity index (χ0v) is 14.3. The van der Waals surface area contributed by atoms with Crippen LogP contribution in [0.5, 0.6) is 5.75 Å². The Bertz CT molecular complexity index is 776. The van der Waals surface area contributed by atoms with Gasteiger partial charge in [-0.1, -0.05) is 12.1 Å². The van der Waals surface area contributed by atoms with Gasteiger partial charge in [0.05, 0.1) is 6.04 Å². The summed E-state index contributed by atoms with van der Waals surface area (Å²) < 4.78 is 19.5. The molecular weight excluding hydrogens is 327 g/mol. The highest BCUT2D eigenvalue weighted by Crippen LogP contribution is 2.36. The molecule has 2 aliphatic heterocycles. The van der Waals surface area contributed by atoms with Crippen LogP contribution in [0.15, 0.2) is 23.6 Å². The van der Waals surface area contributed by atoms with Gasteiger partial charge in [0.25, 0.3) is 5.91 Å². The molecule has 1 aromatic heterocycles. The molecule has 1 aromatic carbocycles. The quantitative estimate of drug-likeness (QED) is 0.834. The number of aryl methyl sites for hydroxylation is 1. The summed E-state index contributed by atoms with van der Waals surface area (Å²) in [6.07, 6.45) is 2.81. The first-order chi connectivity index (χ1) is 11.6. The molecule has 3 heterocycles. The molecule has 4 nitrogen and oxygen atoms in total. The Balaban J connectivity index is 1.56. The van der Waals surface area contributed by atoms with Crippen LogP contribution in [0.3, 0.4) is 0 Å². The molecule has 24 heavy (non-hydrogen) atoms. The van der Waals surface area contributed by atoms with E-state index in [4.69, 9.17) is 4.74 Å².